The van der Waals surface area contributed by atoms with Crippen molar-refractivity contribution in [1.29, 1.82) is 0 Å². The summed E-state index contributed by atoms with van der Waals surface area (Å²) in [5, 5.41) is 10.0. The fourth-order valence-corrected chi connectivity index (χ4v) is 1.98. The normalized spacial score (nSPS) is 12.4. The Labute approximate surface area is 106 Å². The highest BCUT2D eigenvalue weighted by atomic mass is 19.1. The number of halogens is 1. The predicted octanol–water partition coefficient (Wildman–Crippen LogP) is 2.68. The van der Waals surface area contributed by atoms with Crippen LogP contribution in [-0.2, 0) is 12.8 Å². The van der Waals surface area contributed by atoms with Crippen LogP contribution < -0.4 is 0 Å². The third kappa shape index (κ3) is 3.37. The van der Waals surface area contributed by atoms with Crippen molar-refractivity contribution in [2.75, 3.05) is 0 Å². The lowest BCUT2D eigenvalue weighted by molar-refractivity contribution is 0.175. The first-order valence-electron chi connectivity index (χ1n) is 5.97. The highest BCUT2D eigenvalue weighted by Gasteiger charge is 2.09. The maximum Gasteiger partial charge on any atom is 0.123 e. The minimum absolute atomic E-state index is 0.258. The molecule has 0 bridgehead atoms. The van der Waals surface area contributed by atoms with E-state index in [-0.39, 0.29) is 5.82 Å². The Morgan fingerprint density at radius 1 is 1.17 bits per heavy atom. The van der Waals surface area contributed by atoms with Crippen molar-refractivity contribution in [1.82, 2.24) is 4.98 Å². The number of rotatable bonds is 4. The van der Waals surface area contributed by atoms with Gasteiger partial charge in [0.05, 0.1) is 6.10 Å². The van der Waals surface area contributed by atoms with Crippen molar-refractivity contribution in [3.8, 4) is 0 Å². The number of hydrogen-bond donors (Lipinski definition) is 1. The van der Waals surface area contributed by atoms with Crippen molar-refractivity contribution in [2.45, 2.75) is 25.9 Å². The van der Waals surface area contributed by atoms with Gasteiger partial charge in [-0.25, -0.2) is 4.39 Å². The zero-order valence-corrected chi connectivity index (χ0v) is 10.3. The lowest BCUT2D eigenvalue weighted by atomic mass is 9.99. The number of aliphatic hydroxyl groups is 1. The van der Waals surface area contributed by atoms with E-state index in [1.165, 1.54) is 12.1 Å². The molecule has 1 atom stereocenters. The summed E-state index contributed by atoms with van der Waals surface area (Å²) in [6, 6.07) is 8.42. The number of hydrogen-bond acceptors (Lipinski definition) is 2. The Hall–Kier alpha value is -1.74. The average molecular weight is 245 g/mol. The van der Waals surface area contributed by atoms with E-state index in [4.69, 9.17) is 0 Å². The predicted molar refractivity (Wildman–Crippen MR) is 68.8 cm³/mol. The molecule has 1 aromatic carbocycles. The molecule has 1 N–H and O–H groups in total. The molecule has 1 heterocycles. The molecule has 0 saturated carbocycles. The Kier molecular flexibility index (Phi) is 4.05. The van der Waals surface area contributed by atoms with Gasteiger partial charge in [-0.05, 0) is 60.7 Å². The first kappa shape index (κ1) is 12.7. The largest absolute Gasteiger partial charge is 0.392 e. The summed E-state index contributed by atoms with van der Waals surface area (Å²) in [7, 11) is 0. The number of aliphatic hydroxyl groups excluding tert-OH is 1. The smallest absolute Gasteiger partial charge is 0.123 e. The van der Waals surface area contributed by atoms with Gasteiger partial charge in [-0.1, -0.05) is 6.07 Å². The SMILES string of the molecule is Cc1ccc(F)cc1CC(O)Cc1ccncc1. The molecular formula is C15H16FNO. The Bertz CT molecular complexity index is 513. The van der Waals surface area contributed by atoms with E-state index in [2.05, 4.69) is 4.98 Å². The van der Waals surface area contributed by atoms with Crippen LogP contribution >= 0.6 is 0 Å². The van der Waals surface area contributed by atoms with Gasteiger partial charge in [0.25, 0.3) is 0 Å². The fourth-order valence-electron chi connectivity index (χ4n) is 1.98. The highest BCUT2D eigenvalue weighted by Crippen LogP contribution is 2.14. The third-order valence-corrected chi connectivity index (χ3v) is 2.99. The molecule has 0 aliphatic rings. The molecule has 0 radical (unpaired) electrons. The van der Waals surface area contributed by atoms with Crippen LogP contribution in [0.4, 0.5) is 4.39 Å². The second-order valence-electron chi connectivity index (χ2n) is 4.49. The van der Waals surface area contributed by atoms with Crippen molar-refractivity contribution >= 4 is 0 Å². The first-order chi connectivity index (χ1) is 8.65. The first-order valence-corrected chi connectivity index (χ1v) is 5.97. The van der Waals surface area contributed by atoms with Gasteiger partial charge >= 0.3 is 0 Å². The van der Waals surface area contributed by atoms with E-state index in [0.29, 0.717) is 12.8 Å². The quantitative estimate of drug-likeness (QED) is 0.898. The fraction of sp³-hybridized carbons (Fsp3) is 0.267. The molecule has 1 unspecified atom stereocenters. The van der Waals surface area contributed by atoms with Crippen LogP contribution in [0.25, 0.3) is 0 Å². The molecular weight excluding hydrogens is 229 g/mol. The lowest BCUT2D eigenvalue weighted by Crippen LogP contribution is -2.14. The summed E-state index contributed by atoms with van der Waals surface area (Å²) in [5.41, 5.74) is 2.90. The van der Waals surface area contributed by atoms with Gasteiger partial charge in [0.1, 0.15) is 5.82 Å². The highest BCUT2D eigenvalue weighted by molar-refractivity contribution is 5.27. The zero-order chi connectivity index (χ0) is 13.0. The van der Waals surface area contributed by atoms with Gasteiger partial charge in [-0.2, -0.15) is 0 Å². The van der Waals surface area contributed by atoms with Crippen LogP contribution in [0.15, 0.2) is 42.7 Å². The molecule has 0 spiro atoms. The summed E-state index contributed by atoms with van der Waals surface area (Å²) in [6.07, 6.45) is 3.92. The van der Waals surface area contributed by atoms with E-state index >= 15 is 0 Å². The molecule has 3 heteroatoms. The van der Waals surface area contributed by atoms with Crippen LogP contribution in [0.1, 0.15) is 16.7 Å². The number of aromatic nitrogens is 1. The van der Waals surface area contributed by atoms with E-state index < -0.39 is 6.10 Å². The van der Waals surface area contributed by atoms with Gasteiger partial charge in [0.2, 0.25) is 0 Å². The van der Waals surface area contributed by atoms with Gasteiger partial charge in [-0.3, -0.25) is 4.98 Å². The Balaban J connectivity index is 2.03. The molecule has 1 aromatic heterocycles. The average Bonchev–Trinajstić information content (AvgIpc) is 2.35. The zero-order valence-electron chi connectivity index (χ0n) is 10.3. The third-order valence-electron chi connectivity index (χ3n) is 2.99. The minimum Gasteiger partial charge on any atom is -0.392 e. The lowest BCUT2D eigenvalue weighted by Gasteiger charge is -2.12. The van der Waals surface area contributed by atoms with Crippen LogP contribution in [0.5, 0.6) is 0 Å². The van der Waals surface area contributed by atoms with Gasteiger partial charge < -0.3 is 5.11 Å². The molecule has 0 saturated heterocycles. The summed E-state index contributed by atoms with van der Waals surface area (Å²) >= 11 is 0. The number of nitrogens with zero attached hydrogens (tertiary/aromatic N) is 1. The molecule has 0 fully saturated rings. The van der Waals surface area contributed by atoms with Crippen molar-refractivity contribution < 1.29 is 9.50 Å². The van der Waals surface area contributed by atoms with E-state index in [9.17, 15) is 9.50 Å². The van der Waals surface area contributed by atoms with Crippen LogP contribution in [0, 0.1) is 12.7 Å². The van der Waals surface area contributed by atoms with Crippen LogP contribution in [0.3, 0.4) is 0 Å². The van der Waals surface area contributed by atoms with E-state index in [1.54, 1.807) is 18.5 Å². The van der Waals surface area contributed by atoms with E-state index in [1.807, 2.05) is 19.1 Å². The summed E-state index contributed by atoms with van der Waals surface area (Å²) in [5.74, 6) is -0.258. The van der Waals surface area contributed by atoms with Crippen LogP contribution in [0.2, 0.25) is 0 Å². The summed E-state index contributed by atoms with van der Waals surface area (Å²) < 4.78 is 13.1. The molecule has 0 amide bonds. The molecule has 0 aliphatic heterocycles. The number of aryl methyl sites for hydroxylation is 1. The maximum absolute atomic E-state index is 13.1. The second-order valence-corrected chi connectivity index (χ2v) is 4.49. The molecule has 2 rings (SSSR count). The number of benzene rings is 1. The van der Waals surface area contributed by atoms with Gasteiger partial charge in [0.15, 0.2) is 0 Å². The summed E-state index contributed by atoms with van der Waals surface area (Å²) in [4.78, 5) is 3.93. The molecule has 18 heavy (non-hydrogen) atoms. The Morgan fingerprint density at radius 2 is 1.89 bits per heavy atom. The molecule has 94 valence electrons. The summed E-state index contributed by atoms with van der Waals surface area (Å²) in [6.45, 7) is 1.92. The van der Waals surface area contributed by atoms with Gasteiger partial charge in [0, 0.05) is 12.4 Å². The second kappa shape index (κ2) is 5.74. The van der Waals surface area contributed by atoms with Gasteiger partial charge in [-0.15, -0.1) is 0 Å². The Morgan fingerprint density at radius 3 is 2.61 bits per heavy atom. The standard InChI is InChI=1S/C15H16FNO/c1-11-2-3-14(16)9-13(11)10-15(18)8-12-4-6-17-7-5-12/h2-7,9,15,18H,8,10H2,1H3. The van der Waals surface area contributed by atoms with Crippen molar-refractivity contribution in [3.63, 3.8) is 0 Å². The molecule has 2 nitrogen and oxygen atoms in total. The van der Waals surface area contributed by atoms with Crippen molar-refractivity contribution in [2.24, 2.45) is 0 Å². The minimum atomic E-state index is -0.507. The topological polar surface area (TPSA) is 33.1 Å². The molecule has 0 aliphatic carbocycles. The number of pyridine rings is 1. The van der Waals surface area contributed by atoms with E-state index in [0.717, 1.165) is 16.7 Å². The molecule has 2 aromatic rings. The monoisotopic (exact) mass is 245 g/mol. The maximum atomic E-state index is 13.1. The van der Waals surface area contributed by atoms with Crippen LogP contribution in [-0.4, -0.2) is 16.2 Å². The van der Waals surface area contributed by atoms with Crippen molar-refractivity contribution in [3.05, 3.63) is 65.2 Å².